The van der Waals surface area contributed by atoms with Crippen LogP contribution >= 0.6 is 0 Å². The van der Waals surface area contributed by atoms with Gasteiger partial charge in [0.15, 0.2) is 0 Å². The van der Waals surface area contributed by atoms with Gasteiger partial charge in [-0.3, -0.25) is 0 Å². The molecule has 0 bridgehead atoms. The first-order chi connectivity index (χ1) is 10.2. The van der Waals surface area contributed by atoms with Gasteiger partial charge >= 0.3 is 6.18 Å². The summed E-state index contributed by atoms with van der Waals surface area (Å²) in [4.78, 5) is 0. The highest BCUT2D eigenvalue weighted by molar-refractivity contribution is 7.89. The molecule has 0 aliphatic carbocycles. The normalized spacial score (nSPS) is 12.8. The van der Waals surface area contributed by atoms with Crippen molar-refractivity contribution in [3.8, 4) is 0 Å². The van der Waals surface area contributed by atoms with Gasteiger partial charge in [-0.2, -0.15) is 17.5 Å². The molecule has 0 amide bonds. The minimum absolute atomic E-state index is 0.148. The van der Waals surface area contributed by atoms with Gasteiger partial charge in [0.2, 0.25) is 10.0 Å². The van der Waals surface area contributed by atoms with Crippen molar-refractivity contribution >= 4 is 10.0 Å². The zero-order chi connectivity index (χ0) is 16.6. The second-order valence-electron chi connectivity index (χ2n) is 5.00. The highest BCUT2D eigenvalue weighted by Gasteiger charge is 2.29. The third-order valence-corrected chi connectivity index (χ3v) is 4.97. The third kappa shape index (κ3) is 7.24. The summed E-state index contributed by atoms with van der Waals surface area (Å²) in [5.74, 6) is -0.510. The minimum atomic E-state index is -4.34. The number of alkyl halides is 3. The van der Waals surface area contributed by atoms with Gasteiger partial charge < -0.3 is 5.73 Å². The van der Waals surface area contributed by atoms with Gasteiger partial charge in [-0.05, 0) is 24.9 Å². The molecule has 126 valence electrons. The quantitative estimate of drug-likeness (QED) is 0.752. The minimum Gasteiger partial charge on any atom is -0.330 e. The number of hydrogen-bond acceptors (Lipinski definition) is 3. The number of benzene rings is 1. The van der Waals surface area contributed by atoms with E-state index in [0.29, 0.717) is 13.0 Å². The van der Waals surface area contributed by atoms with E-state index < -0.39 is 34.8 Å². The van der Waals surface area contributed by atoms with Crippen molar-refractivity contribution in [2.75, 3.05) is 18.8 Å². The van der Waals surface area contributed by atoms with E-state index in [9.17, 15) is 21.6 Å². The smallest absolute Gasteiger partial charge is 0.330 e. The Morgan fingerprint density at radius 3 is 2.27 bits per heavy atom. The van der Waals surface area contributed by atoms with Gasteiger partial charge in [-0.15, -0.1) is 0 Å². The lowest BCUT2D eigenvalue weighted by atomic mass is 10.2. The largest absolute Gasteiger partial charge is 0.389 e. The Bertz CT molecular complexity index is 533. The predicted molar refractivity (Wildman–Crippen MR) is 79.6 cm³/mol. The summed E-state index contributed by atoms with van der Waals surface area (Å²) in [7, 11) is -3.74. The summed E-state index contributed by atoms with van der Waals surface area (Å²) in [6.07, 6.45) is -5.40. The van der Waals surface area contributed by atoms with Gasteiger partial charge in [0.1, 0.15) is 0 Å². The maximum atomic E-state index is 12.2. The van der Waals surface area contributed by atoms with Crippen LogP contribution in [0.25, 0.3) is 0 Å². The molecule has 0 saturated heterocycles. The maximum absolute atomic E-state index is 12.2. The molecule has 0 atom stereocenters. The Morgan fingerprint density at radius 2 is 1.73 bits per heavy atom. The molecular weight excluding hydrogens is 317 g/mol. The van der Waals surface area contributed by atoms with Crippen molar-refractivity contribution in [3.63, 3.8) is 0 Å². The van der Waals surface area contributed by atoms with Crippen LogP contribution in [0.1, 0.15) is 24.8 Å². The van der Waals surface area contributed by atoms with E-state index in [1.165, 1.54) is 4.31 Å². The Labute approximate surface area is 129 Å². The molecule has 0 heterocycles. The van der Waals surface area contributed by atoms with E-state index in [0.717, 1.165) is 5.56 Å². The van der Waals surface area contributed by atoms with Gasteiger partial charge in [0.25, 0.3) is 0 Å². The van der Waals surface area contributed by atoms with Crippen LogP contribution in [0, 0.1) is 0 Å². The molecule has 4 nitrogen and oxygen atoms in total. The van der Waals surface area contributed by atoms with Crippen molar-refractivity contribution in [2.24, 2.45) is 5.73 Å². The van der Waals surface area contributed by atoms with Gasteiger partial charge in [-0.1, -0.05) is 30.3 Å². The highest BCUT2D eigenvalue weighted by Crippen LogP contribution is 2.22. The van der Waals surface area contributed by atoms with E-state index in [1.54, 1.807) is 24.3 Å². The van der Waals surface area contributed by atoms with E-state index in [2.05, 4.69) is 0 Å². The van der Waals surface area contributed by atoms with Crippen LogP contribution in [-0.2, 0) is 16.6 Å². The second-order valence-corrected chi connectivity index (χ2v) is 7.08. The van der Waals surface area contributed by atoms with E-state index >= 15 is 0 Å². The second kappa shape index (κ2) is 8.50. The molecule has 1 rings (SSSR count). The lowest BCUT2D eigenvalue weighted by molar-refractivity contribution is -0.134. The zero-order valence-corrected chi connectivity index (χ0v) is 13.0. The van der Waals surface area contributed by atoms with Crippen LogP contribution in [0.4, 0.5) is 13.2 Å². The molecular formula is C14H21F3N2O2S. The molecule has 0 unspecified atom stereocenters. The number of nitrogens with two attached hydrogens (primary N) is 1. The summed E-state index contributed by atoms with van der Waals surface area (Å²) < 4.78 is 62.2. The van der Waals surface area contributed by atoms with E-state index in [4.69, 9.17) is 5.73 Å². The van der Waals surface area contributed by atoms with Crippen LogP contribution in [0.5, 0.6) is 0 Å². The summed E-state index contributed by atoms with van der Waals surface area (Å²) in [5.41, 5.74) is 6.19. The lowest BCUT2D eigenvalue weighted by Crippen LogP contribution is -2.34. The highest BCUT2D eigenvalue weighted by atomic mass is 32.2. The number of hydrogen-bond donors (Lipinski definition) is 1. The van der Waals surface area contributed by atoms with Crippen molar-refractivity contribution < 1.29 is 21.6 Å². The molecule has 1 aromatic carbocycles. The van der Waals surface area contributed by atoms with E-state index in [-0.39, 0.29) is 13.1 Å². The first-order valence-corrected chi connectivity index (χ1v) is 8.64. The molecule has 0 saturated carbocycles. The maximum Gasteiger partial charge on any atom is 0.389 e. The van der Waals surface area contributed by atoms with Gasteiger partial charge in [0, 0.05) is 19.5 Å². The zero-order valence-electron chi connectivity index (χ0n) is 12.2. The molecule has 0 radical (unpaired) electrons. The Balaban J connectivity index is 2.72. The average molecular weight is 338 g/mol. The third-order valence-electron chi connectivity index (χ3n) is 3.07. The molecule has 1 aromatic rings. The molecule has 0 aromatic heterocycles. The van der Waals surface area contributed by atoms with Gasteiger partial charge in [-0.25, -0.2) is 8.42 Å². The fourth-order valence-corrected chi connectivity index (χ4v) is 3.48. The number of nitrogens with zero attached hydrogens (tertiary/aromatic N) is 1. The van der Waals surface area contributed by atoms with Crippen molar-refractivity contribution in [3.05, 3.63) is 35.9 Å². The topological polar surface area (TPSA) is 63.4 Å². The molecule has 0 aliphatic heterocycles. The predicted octanol–water partition coefficient (Wildman–Crippen LogP) is 2.51. The monoisotopic (exact) mass is 338 g/mol. The molecule has 0 spiro atoms. The number of rotatable bonds is 9. The Morgan fingerprint density at radius 1 is 1.09 bits per heavy atom. The number of halogens is 3. The van der Waals surface area contributed by atoms with Crippen molar-refractivity contribution in [1.29, 1.82) is 0 Å². The van der Waals surface area contributed by atoms with Crippen LogP contribution < -0.4 is 5.73 Å². The van der Waals surface area contributed by atoms with Crippen LogP contribution in [0.2, 0.25) is 0 Å². The Kier molecular flexibility index (Phi) is 7.31. The van der Waals surface area contributed by atoms with Crippen LogP contribution in [0.15, 0.2) is 30.3 Å². The SMILES string of the molecule is NCCCN(Cc1ccccc1)S(=O)(=O)CCCC(F)(F)F. The summed E-state index contributed by atoms with van der Waals surface area (Å²) in [6.45, 7) is 0.679. The summed E-state index contributed by atoms with van der Waals surface area (Å²) >= 11 is 0. The van der Waals surface area contributed by atoms with E-state index in [1.807, 2.05) is 6.07 Å². The fourth-order valence-electron chi connectivity index (χ4n) is 1.96. The number of sulfonamides is 1. The van der Waals surface area contributed by atoms with Crippen LogP contribution in [-0.4, -0.2) is 37.7 Å². The fraction of sp³-hybridized carbons (Fsp3) is 0.571. The van der Waals surface area contributed by atoms with Gasteiger partial charge in [0.05, 0.1) is 5.75 Å². The Hall–Kier alpha value is -1.12. The van der Waals surface area contributed by atoms with Crippen LogP contribution in [0.3, 0.4) is 0 Å². The van der Waals surface area contributed by atoms with Crippen molar-refractivity contribution in [2.45, 2.75) is 32.0 Å². The summed E-state index contributed by atoms with van der Waals surface area (Å²) in [5, 5.41) is 0. The van der Waals surface area contributed by atoms with Crippen molar-refractivity contribution in [1.82, 2.24) is 4.31 Å². The molecule has 8 heteroatoms. The first kappa shape index (κ1) is 18.9. The first-order valence-electron chi connectivity index (χ1n) is 7.03. The molecule has 22 heavy (non-hydrogen) atoms. The summed E-state index contributed by atoms with van der Waals surface area (Å²) in [6, 6.07) is 8.94. The molecule has 0 aliphatic rings. The average Bonchev–Trinajstić information content (AvgIpc) is 2.42. The lowest BCUT2D eigenvalue weighted by Gasteiger charge is -2.22. The molecule has 0 fully saturated rings. The standard InChI is InChI=1S/C14H21F3N2O2S/c15-14(16,17)8-4-11-22(20,21)19(10-5-9-18)12-13-6-2-1-3-7-13/h1-3,6-7H,4-5,8-12,18H2. The molecule has 2 N–H and O–H groups in total.